The lowest BCUT2D eigenvalue weighted by atomic mass is 10.3. The van der Waals surface area contributed by atoms with Crippen molar-refractivity contribution in [1.82, 2.24) is 15.0 Å². The van der Waals surface area contributed by atoms with Gasteiger partial charge in [0.25, 0.3) is 0 Å². The van der Waals surface area contributed by atoms with Crippen LogP contribution in [0.25, 0.3) is 0 Å². The van der Waals surface area contributed by atoms with Gasteiger partial charge in [0.05, 0.1) is 25.5 Å². The first-order valence-electron chi connectivity index (χ1n) is 5.81. The quantitative estimate of drug-likeness (QED) is 0.834. The summed E-state index contributed by atoms with van der Waals surface area (Å²) >= 11 is 3.39. The van der Waals surface area contributed by atoms with Gasteiger partial charge in [-0.2, -0.15) is 0 Å². The zero-order valence-electron chi connectivity index (χ0n) is 10.7. The molecule has 2 rings (SSSR count). The van der Waals surface area contributed by atoms with Gasteiger partial charge in [0.2, 0.25) is 0 Å². The molecule has 0 aliphatic carbocycles. The van der Waals surface area contributed by atoms with E-state index in [0.717, 1.165) is 15.9 Å². The van der Waals surface area contributed by atoms with Gasteiger partial charge in [-0.25, -0.2) is 9.48 Å². The van der Waals surface area contributed by atoms with Crippen LogP contribution in [0.15, 0.2) is 28.9 Å². The second-order valence-corrected chi connectivity index (χ2v) is 4.86. The molecule has 7 nitrogen and oxygen atoms in total. The van der Waals surface area contributed by atoms with E-state index in [2.05, 4.69) is 31.6 Å². The van der Waals surface area contributed by atoms with E-state index in [1.165, 1.54) is 10.9 Å². The van der Waals surface area contributed by atoms with Crippen LogP contribution in [0.4, 0.5) is 5.69 Å². The first-order chi connectivity index (χ1) is 9.60. The molecule has 8 heteroatoms. The van der Waals surface area contributed by atoms with Crippen LogP contribution >= 0.6 is 15.9 Å². The molecule has 1 heterocycles. The van der Waals surface area contributed by atoms with Crippen LogP contribution in [0.2, 0.25) is 0 Å². The molecule has 0 spiro atoms. The number of aromatic carboxylic acids is 1. The molecular weight excluding hydrogens is 328 g/mol. The maximum Gasteiger partial charge on any atom is 0.358 e. The Morgan fingerprint density at radius 3 is 3.00 bits per heavy atom. The summed E-state index contributed by atoms with van der Waals surface area (Å²) in [6, 6.07) is 5.65. The van der Waals surface area contributed by atoms with E-state index in [9.17, 15) is 4.79 Å². The van der Waals surface area contributed by atoms with Gasteiger partial charge in [-0.05, 0) is 18.2 Å². The van der Waals surface area contributed by atoms with Crippen molar-refractivity contribution in [1.29, 1.82) is 0 Å². The smallest absolute Gasteiger partial charge is 0.358 e. The number of halogens is 1. The van der Waals surface area contributed by atoms with Gasteiger partial charge < -0.3 is 15.2 Å². The summed E-state index contributed by atoms with van der Waals surface area (Å²) in [6.45, 7) is 1.06. The fourth-order valence-corrected chi connectivity index (χ4v) is 1.99. The molecular formula is C12H13BrN4O3. The van der Waals surface area contributed by atoms with Crippen LogP contribution in [0.3, 0.4) is 0 Å². The topological polar surface area (TPSA) is 89.3 Å². The summed E-state index contributed by atoms with van der Waals surface area (Å²) in [5.74, 6) is -0.351. The third-order valence-electron chi connectivity index (χ3n) is 2.58. The molecule has 0 fully saturated rings. The molecule has 0 atom stereocenters. The van der Waals surface area contributed by atoms with Gasteiger partial charge in [0.1, 0.15) is 5.75 Å². The second-order valence-electron chi connectivity index (χ2n) is 3.94. The molecule has 0 bridgehead atoms. The van der Waals surface area contributed by atoms with Crippen LogP contribution in [0.5, 0.6) is 5.75 Å². The molecule has 0 saturated carbocycles. The molecule has 0 radical (unpaired) electrons. The monoisotopic (exact) mass is 340 g/mol. The van der Waals surface area contributed by atoms with Crippen molar-refractivity contribution < 1.29 is 14.6 Å². The molecule has 20 heavy (non-hydrogen) atoms. The average molecular weight is 341 g/mol. The van der Waals surface area contributed by atoms with Crippen LogP contribution < -0.4 is 10.1 Å². The third-order valence-corrected chi connectivity index (χ3v) is 3.07. The lowest BCUT2D eigenvalue weighted by Gasteiger charge is -2.11. The van der Waals surface area contributed by atoms with Crippen LogP contribution in [-0.4, -0.2) is 39.7 Å². The standard InChI is InChI=1S/C12H13BrN4O3/c1-20-11-3-2-8(13)6-9(11)14-4-5-17-7-10(12(18)19)15-16-17/h2-3,6-7,14H,4-5H2,1H3,(H,18,19). The molecule has 1 aromatic heterocycles. The second kappa shape index (κ2) is 6.38. The first kappa shape index (κ1) is 14.3. The predicted octanol–water partition coefficient (Wildman–Crippen LogP) is 1.86. The SMILES string of the molecule is COc1ccc(Br)cc1NCCn1cc(C(=O)O)nn1. The molecule has 0 saturated heterocycles. The first-order valence-corrected chi connectivity index (χ1v) is 6.60. The van der Waals surface area contributed by atoms with Gasteiger partial charge >= 0.3 is 5.97 Å². The van der Waals surface area contributed by atoms with Crippen LogP contribution in [0.1, 0.15) is 10.5 Å². The number of anilines is 1. The zero-order valence-corrected chi connectivity index (χ0v) is 12.3. The van der Waals surface area contributed by atoms with Gasteiger partial charge in [0.15, 0.2) is 5.69 Å². The van der Waals surface area contributed by atoms with Crippen LogP contribution in [0, 0.1) is 0 Å². The Hall–Kier alpha value is -2.09. The Morgan fingerprint density at radius 2 is 2.35 bits per heavy atom. The number of hydrogen-bond acceptors (Lipinski definition) is 5. The Kier molecular flexibility index (Phi) is 4.57. The fraction of sp³-hybridized carbons (Fsp3) is 0.250. The molecule has 2 aromatic rings. The molecule has 0 amide bonds. The lowest BCUT2D eigenvalue weighted by Crippen LogP contribution is -2.11. The maximum absolute atomic E-state index is 10.7. The number of benzene rings is 1. The van der Waals surface area contributed by atoms with Crippen molar-refractivity contribution >= 4 is 27.6 Å². The summed E-state index contributed by atoms with van der Waals surface area (Å²) in [5, 5.41) is 19.2. The highest BCUT2D eigenvalue weighted by Crippen LogP contribution is 2.27. The molecule has 0 unspecified atom stereocenters. The number of nitrogens with zero attached hydrogens (tertiary/aromatic N) is 3. The summed E-state index contributed by atoms with van der Waals surface area (Å²) in [4.78, 5) is 10.7. The third kappa shape index (κ3) is 3.47. The summed E-state index contributed by atoms with van der Waals surface area (Å²) in [5.41, 5.74) is 0.783. The minimum Gasteiger partial charge on any atom is -0.495 e. The maximum atomic E-state index is 10.7. The summed E-state index contributed by atoms with van der Waals surface area (Å²) < 4.78 is 7.66. The van der Waals surface area contributed by atoms with E-state index in [1.54, 1.807) is 7.11 Å². The highest BCUT2D eigenvalue weighted by molar-refractivity contribution is 9.10. The van der Waals surface area contributed by atoms with Gasteiger partial charge in [-0.15, -0.1) is 5.10 Å². The van der Waals surface area contributed by atoms with Crippen LogP contribution in [-0.2, 0) is 6.54 Å². The van der Waals surface area contributed by atoms with Crippen molar-refractivity contribution in [3.8, 4) is 5.75 Å². The molecule has 0 aliphatic rings. The van der Waals surface area contributed by atoms with E-state index in [1.807, 2.05) is 18.2 Å². The van der Waals surface area contributed by atoms with E-state index in [-0.39, 0.29) is 5.69 Å². The Morgan fingerprint density at radius 1 is 1.55 bits per heavy atom. The molecule has 1 aromatic carbocycles. The number of carbonyl (C=O) groups is 1. The fourth-order valence-electron chi connectivity index (χ4n) is 1.63. The van der Waals surface area contributed by atoms with Crippen molar-refractivity contribution in [2.75, 3.05) is 19.0 Å². The highest BCUT2D eigenvalue weighted by Gasteiger charge is 2.08. The van der Waals surface area contributed by atoms with Gasteiger partial charge in [-0.1, -0.05) is 21.1 Å². The van der Waals surface area contributed by atoms with E-state index >= 15 is 0 Å². The highest BCUT2D eigenvalue weighted by atomic mass is 79.9. The van der Waals surface area contributed by atoms with E-state index in [4.69, 9.17) is 9.84 Å². The number of ether oxygens (including phenoxy) is 1. The minimum atomic E-state index is -1.09. The zero-order chi connectivity index (χ0) is 14.5. The number of methoxy groups -OCH3 is 1. The molecule has 106 valence electrons. The summed E-state index contributed by atoms with van der Waals surface area (Å²) in [6.07, 6.45) is 1.39. The average Bonchev–Trinajstić information content (AvgIpc) is 2.88. The van der Waals surface area contributed by atoms with Crippen molar-refractivity contribution in [3.05, 3.63) is 34.6 Å². The number of carboxylic acid groups (broad SMARTS) is 1. The minimum absolute atomic E-state index is 0.0648. The largest absolute Gasteiger partial charge is 0.495 e. The van der Waals surface area contributed by atoms with Gasteiger partial charge in [-0.3, -0.25) is 0 Å². The van der Waals surface area contributed by atoms with Crippen molar-refractivity contribution in [2.24, 2.45) is 0 Å². The number of nitrogens with one attached hydrogen (secondary N) is 1. The van der Waals surface area contributed by atoms with Crippen molar-refractivity contribution in [3.63, 3.8) is 0 Å². The lowest BCUT2D eigenvalue weighted by molar-refractivity contribution is 0.0690. The van der Waals surface area contributed by atoms with E-state index < -0.39 is 5.97 Å². The summed E-state index contributed by atoms with van der Waals surface area (Å²) in [7, 11) is 1.60. The number of aromatic nitrogens is 3. The Labute approximate surface area is 123 Å². The Balaban J connectivity index is 1.95. The normalized spacial score (nSPS) is 10.3. The van der Waals surface area contributed by atoms with E-state index in [0.29, 0.717) is 13.1 Å². The molecule has 0 aliphatic heterocycles. The number of hydrogen-bond donors (Lipinski definition) is 2. The number of carboxylic acids is 1. The predicted molar refractivity (Wildman–Crippen MR) is 76.2 cm³/mol. The molecule has 2 N–H and O–H groups in total. The van der Waals surface area contributed by atoms with Crippen molar-refractivity contribution in [2.45, 2.75) is 6.54 Å². The Bertz CT molecular complexity index is 614. The number of rotatable bonds is 6. The van der Waals surface area contributed by atoms with Gasteiger partial charge in [0, 0.05) is 11.0 Å².